The maximum Gasteiger partial charge on any atom is 0.282 e. The van der Waals surface area contributed by atoms with E-state index in [4.69, 9.17) is 4.84 Å². The molecule has 134 valence electrons. The van der Waals surface area contributed by atoms with Gasteiger partial charge >= 0.3 is 0 Å². The third-order valence-corrected chi connectivity index (χ3v) is 6.49. The van der Waals surface area contributed by atoms with E-state index in [2.05, 4.69) is 9.88 Å². The number of sulfonamides is 1. The molecule has 2 aromatic carbocycles. The van der Waals surface area contributed by atoms with Gasteiger partial charge in [0.2, 0.25) is 10.0 Å². The van der Waals surface area contributed by atoms with E-state index in [9.17, 15) is 13.2 Å². The Morgan fingerprint density at radius 3 is 2.04 bits per heavy atom. The average Bonchev–Trinajstić information content (AvgIpc) is 3.43. The molecule has 0 spiro atoms. The molecule has 0 radical (unpaired) electrons. The van der Waals surface area contributed by atoms with Crippen molar-refractivity contribution in [2.45, 2.75) is 30.1 Å². The van der Waals surface area contributed by atoms with Crippen LogP contribution in [0.15, 0.2) is 65.8 Å². The van der Waals surface area contributed by atoms with Gasteiger partial charge in [0.1, 0.15) is 0 Å². The lowest BCUT2D eigenvalue weighted by molar-refractivity contribution is -0.113. The molecule has 6 nitrogen and oxygen atoms in total. The van der Waals surface area contributed by atoms with Gasteiger partial charge in [-0.15, -0.1) is 0 Å². The summed E-state index contributed by atoms with van der Waals surface area (Å²) in [5.74, 6) is -0.717. The van der Waals surface area contributed by atoms with Crippen LogP contribution in [0.3, 0.4) is 0 Å². The predicted octanol–water partition coefficient (Wildman–Crippen LogP) is 2.31. The molecule has 1 amide bonds. The number of hydrogen-bond acceptors (Lipinski definition) is 5. The lowest BCUT2D eigenvalue weighted by Crippen LogP contribution is -2.39. The van der Waals surface area contributed by atoms with E-state index in [1.165, 1.54) is 0 Å². The Labute approximate surface area is 151 Å². The second kappa shape index (κ2) is 6.25. The summed E-state index contributed by atoms with van der Waals surface area (Å²) in [6, 6.07) is 19.0. The Kier molecular flexibility index (Phi) is 4.03. The van der Waals surface area contributed by atoms with Gasteiger partial charge < -0.3 is 4.84 Å². The van der Waals surface area contributed by atoms with Crippen LogP contribution in [0, 0.1) is 0 Å². The molecular weight excluding hydrogens is 352 g/mol. The fourth-order valence-corrected chi connectivity index (χ4v) is 4.40. The van der Waals surface area contributed by atoms with Gasteiger partial charge in [-0.1, -0.05) is 65.8 Å². The quantitative estimate of drug-likeness (QED) is 0.875. The summed E-state index contributed by atoms with van der Waals surface area (Å²) in [4.78, 5) is 18.2. The van der Waals surface area contributed by atoms with E-state index < -0.39 is 26.8 Å². The lowest BCUT2D eigenvalue weighted by atomic mass is 9.82. The van der Waals surface area contributed by atoms with Crippen molar-refractivity contribution in [1.29, 1.82) is 0 Å². The minimum absolute atomic E-state index is 0.0712. The van der Waals surface area contributed by atoms with E-state index in [1.54, 1.807) is 0 Å². The van der Waals surface area contributed by atoms with Gasteiger partial charge in [0.25, 0.3) is 5.91 Å². The molecule has 7 heteroatoms. The zero-order valence-corrected chi connectivity index (χ0v) is 14.8. The highest BCUT2D eigenvalue weighted by Gasteiger charge is 2.46. The molecule has 4 rings (SSSR count). The van der Waals surface area contributed by atoms with Gasteiger partial charge in [0.05, 0.1) is 11.7 Å². The number of benzene rings is 2. The van der Waals surface area contributed by atoms with E-state index >= 15 is 0 Å². The van der Waals surface area contributed by atoms with Crippen molar-refractivity contribution in [3.63, 3.8) is 0 Å². The minimum atomic E-state index is -3.63. The average molecular weight is 370 g/mol. The molecule has 1 fully saturated rings. The van der Waals surface area contributed by atoms with Crippen LogP contribution in [0.25, 0.3) is 0 Å². The third kappa shape index (κ3) is 2.99. The van der Waals surface area contributed by atoms with Crippen LogP contribution in [-0.2, 0) is 25.3 Å². The smallest absolute Gasteiger partial charge is 0.282 e. The summed E-state index contributed by atoms with van der Waals surface area (Å²) in [6.07, 6.45) is 1.33. The van der Waals surface area contributed by atoms with Gasteiger partial charge in [-0.25, -0.2) is 13.1 Å². The molecule has 26 heavy (non-hydrogen) atoms. The van der Waals surface area contributed by atoms with Gasteiger partial charge in [-0.05, 0) is 12.8 Å². The van der Waals surface area contributed by atoms with Crippen molar-refractivity contribution >= 4 is 21.6 Å². The molecule has 0 saturated heterocycles. The van der Waals surface area contributed by atoms with Gasteiger partial charge in [0.15, 0.2) is 11.3 Å². The Bertz CT molecular complexity index is 912. The Morgan fingerprint density at radius 1 is 1.00 bits per heavy atom. The molecule has 2 aromatic rings. The summed E-state index contributed by atoms with van der Waals surface area (Å²) < 4.78 is 26.2. The number of amides is 1. The van der Waals surface area contributed by atoms with Gasteiger partial charge in [-0.3, -0.25) is 4.79 Å². The van der Waals surface area contributed by atoms with Crippen LogP contribution in [0.4, 0.5) is 0 Å². The van der Waals surface area contributed by atoms with Crippen LogP contribution < -0.4 is 4.72 Å². The van der Waals surface area contributed by atoms with Crippen LogP contribution >= 0.6 is 0 Å². The largest absolute Gasteiger partial charge is 0.379 e. The van der Waals surface area contributed by atoms with Crippen LogP contribution in [0.2, 0.25) is 0 Å². The first-order valence-electron chi connectivity index (χ1n) is 8.43. The van der Waals surface area contributed by atoms with E-state index in [-0.39, 0.29) is 12.1 Å². The van der Waals surface area contributed by atoms with Gasteiger partial charge in [-0.2, -0.15) is 0 Å². The number of oxime groups is 1. The first-order valence-corrected chi connectivity index (χ1v) is 9.98. The van der Waals surface area contributed by atoms with Crippen LogP contribution in [0.1, 0.15) is 30.4 Å². The number of hydrogen-bond donors (Lipinski definition) is 1. The first-order chi connectivity index (χ1) is 12.5. The van der Waals surface area contributed by atoms with Crippen molar-refractivity contribution in [3.8, 4) is 0 Å². The maximum absolute atomic E-state index is 12.4. The number of rotatable bonds is 5. The van der Waals surface area contributed by atoms with Crippen molar-refractivity contribution in [2.24, 2.45) is 5.16 Å². The molecular formula is C19H18N2O4S. The minimum Gasteiger partial charge on any atom is -0.379 e. The van der Waals surface area contributed by atoms with Crippen LogP contribution in [-0.4, -0.2) is 25.3 Å². The Morgan fingerprint density at radius 2 is 1.54 bits per heavy atom. The van der Waals surface area contributed by atoms with Gasteiger partial charge in [0, 0.05) is 11.1 Å². The fourth-order valence-electron chi connectivity index (χ4n) is 3.10. The SMILES string of the molecule is O=C(NS(=O)(=O)C1CC1)C1=NOC(c2ccccc2)(c2ccccc2)C1. The van der Waals surface area contributed by atoms with E-state index in [0.29, 0.717) is 12.8 Å². The highest BCUT2D eigenvalue weighted by molar-refractivity contribution is 7.91. The van der Waals surface area contributed by atoms with Crippen molar-refractivity contribution in [1.82, 2.24) is 4.72 Å². The molecule has 1 saturated carbocycles. The number of nitrogens with zero attached hydrogens (tertiary/aromatic N) is 1. The molecule has 0 bridgehead atoms. The summed E-state index contributed by atoms with van der Waals surface area (Å²) >= 11 is 0. The van der Waals surface area contributed by atoms with Crippen LogP contribution in [0.5, 0.6) is 0 Å². The summed E-state index contributed by atoms with van der Waals surface area (Å²) in [5.41, 5.74) is 0.825. The summed E-state index contributed by atoms with van der Waals surface area (Å²) in [5, 5.41) is 3.48. The topological polar surface area (TPSA) is 84.8 Å². The summed E-state index contributed by atoms with van der Waals surface area (Å²) in [6.45, 7) is 0. The molecule has 0 atom stereocenters. The van der Waals surface area contributed by atoms with Crippen molar-refractivity contribution in [2.75, 3.05) is 0 Å². The molecule has 1 heterocycles. The standard InChI is InChI=1S/C19H18N2O4S/c22-18(21-26(23,24)16-11-12-16)17-13-19(25-20-17,14-7-3-1-4-8-14)15-9-5-2-6-10-15/h1-10,16H,11-13H2,(H,21,22). The van der Waals surface area contributed by atoms with Crippen molar-refractivity contribution < 1.29 is 18.0 Å². The number of carbonyl (C=O) groups excluding carboxylic acids is 1. The Balaban J connectivity index is 1.63. The maximum atomic E-state index is 12.4. The monoisotopic (exact) mass is 370 g/mol. The number of carbonyl (C=O) groups is 1. The van der Waals surface area contributed by atoms with E-state index in [1.807, 2.05) is 60.7 Å². The molecule has 1 aliphatic carbocycles. The fraction of sp³-hybridized carbons (Fsp3) is 0.263. The molecule has 1 N–H and O–H groups in total. The zero-order chi connectivity index (χ0) is 18.2. The summed E-state index contributed by atoms with van der Waals surface area (Å²) in [7, 11) is -3.63. The van der Waals surface area contributed by atoms with Crippen molar-refractivity contribution in [3.05, 3.63) is 71.8 Å². The normalized spacial score (nSPS) is 18.7. The highest BCUT2D eigenvalue weighted by atomic mass is 32.2. The molecule has 2 aliphatic rings. The molecule has 0 aromatic heterocycles. The molecule has 1 aliphatic heterocycles. The predicted molar refractivity (Wildman–Crippen MR) is 96.9 cm³/mol. The Hall–Kier alpha value is -2.67. The van der Waals surface area contributed by atoms with E-state index in [0.717, 1.165) is 11.1 Å². The zero-order valence-electron chi connectivity index (χ0n) is 14.0. The second-order valence-electron chi connectivity index (χ2n) is 6.54. The third-order valence-electron chi connectivity index (χ3n) is 4.67. The molecule has 0 unspecified atom stereocenters. The second-order valence-corrected chi connectivity index (χ2v) is 8.50. The first kappa shape index (κ1) is 16.8. The number of nitrogens with one attached hydrogen (secondary N) is 1. The highest BCUT2D eigenvalue weighted by Crippen LogP contribution is 2.41. The lowest BCUT2D eigenvalue weighted by Gasteiger charge is -2.27.